The fourth-order valence-electron chi connectivity index (χ4n) is 3.86. The van der Waals surface area contributed by atoms with Crippen LogP contribution in [-0.2, 0) is 29.4 Å². The maximum atomic E-state index is 12.6. The number of aryl methyl sites for hydroxylation is 2. The van der Waals surface area contributed by atoms with Crippen molar-refractivity contribution in [1.82, 2.24) is 4.31 Å². The van der Waals surface area contributed by atoms with Crippen molar-refractivity contribution < 1.29 is 8.42 Å². The van der Waals surface area contributed by atoms with Gasteiger partial charge >= 0.3 is 0 Å². The fourth-order valence-corrected chi connectivity index (χ4v) is 5.37. The minimum absolute atomic E-state index is 0.339. The Labute approximate surface area is 166 Å². The average molecular weight is 399 g/mol. The van der Waals surface area contributed by atoms with E-state index in [1.54, 1.807) is 28.6 Å². The molecule has 1 aliphatic carbocycles. The zero-order valence-corrected chi connectivity index (χ0v) is 16.7. The van der Waals surface area contributed by atoms with Gasteiger partial charge in [-0.3, -0.25) is 0 Å². The molecule has 1 saturated heterocycles. The Hall–Kier alpha value is -2.38. The lowest BCUT2D eigenvalue weighted by molar-refractivity contribution is 0.477. The molecule has 1 aliphatic heterocycles. The lowest BCUT2D eigenvalue weighted by atomic mass is 10.1. The molecule has 2 aromatic rings. The molecule has 0 radical (unpaired) electrons. The number of nitrogens with zero attached hydrogens (tertiary/aromatic N) is 2. The molecule has 0 saturated carbocycles. The van der Waals surface area contributed by atoms with Crippen molar-refractivity contribution in [2.45, 2.75) is 43.5 Å². The van der Waals surface area contributed by atoms with Crippen LogP contribution in [0.15, 0.2) is 52.4 Å². The fraction of sp³-hybridized carbons (Fsp3) is 0.381. The van der Waals surface area contributed by atoms with Crippen LogP contribution in [0.4, 0.5) is 5.69 Å². The second-order valence-corrected chi connectivity index (χ2v) is 9.36. The largest absolute Gasteiger partial charge is 0.370 e. The van der Waals surface area contributed by atoms with Gasteiger partial charge < -0.3 is 11.1 Å². The number of rotatable bonds is 5. The van der Waals surface area contributed by atoms with Crippen LogP contribution in [0.1, 0.15) is 36.0 Å². The number of hydrogen-bond acceptors (Lipinski definition) is 3. The molecule has 3 N–H and O–H groups in total. The molecular weight excluding hydrogens is 372 g/mol. The van der Waals surface area contributed by atoms with Crippen molar-refractivity contribution in [2.24, 2.45) is 10.7 Å². The van der Waals surface area contributed by atoms with Gasteiger partial charge in [-0.15, -0.1) is 0 Å². The van der Waals surface area contributed by atoms with E-state index in [2.05, 4.69) is 22.4 Å². The molecular formula is C21H26N4O2S. The van der Waals surface area contributed by atoms with Crippen molar-refractivity contribution in [3.05, 3.63) is 59.2 Å². The first kappa shape index (κ1) is 19.0. The van der Waals surface area contributed by atoms with Crippen molar-refractivity contribution in [3.63, 3.8) is 0 Å². The SMILES string of the molecule is NC(=NCc1ccc(S(=O)(=O)N2CCCC2)cc1)Nc1ccc2c(c1)CCC2. The number of nitrogens with two attached hydrogens (primary N) is 1. The highest BCUT2D eigenvalue weighted by Crippen LogP contribution is 2.25. The van der Waals surface area contributed by atoms with Gasteiger partial charge in [-0.05, 0) is 73.1 Å². The number of nitrogens with one attached hydrogen (secondary N) is 1. The standard InChI is InChI=1S/C21H26N4O2S/c22-21(24-19-9-8-17-4-3-5-18(17)14-19)23-15-16-6-10-20(11-7-16)28(26,27)25-12-1-2-13-25/h6-11,14H,1-5,12-13,15H2,(H3,22,23,24). The van der Waals surface area contributed by atoms with Crippen molar-refractivity contribution in [2.75, 3.05) is 18.4 Å². The van der Waals surface area contributed by atoms with E-state index in [0.29, 0.717) is 30.5 Å². The smallest absolute Gasteiger partial charge is 0.243 e. The lowest BCUT2D eigenvalue weighted by Crippen LogP contribution is -2.27. The molecule has 6 nitrogen and oxygen atoms in total. The summed E-state index contributed by atoms with van der Waals surface area (Å²) in [4.78, 5) is 4.72. The monoisotopic (exact) mass is 398 g/mol. The van der Waals surface area contributed by atoms with Gasteiger partial charge in [0.1, 0.15) is 0 Å². The Morgan fingerprint density at radius 1 is 1.00 bits per heavy atom. The zero-order chi connectivity index (χ0) is 19.6. The summed E-state index contributed by atoms with van der Waals surface area (Å²) >= 11 is 0. The molecule has 0 unspecified atom stereocenters. The molecule has 28 heavy (non-hydrogen) atoms. The number of hydrogen-bond donors (Lipinski definition) is 2. The molecule has 0 amide bonds. The van der Waals surface area contributed by atoms with Gasteiger partial charge in [-0.2, -0.15) is 4.31 Å². The third-order valence-electron chi connectivity index (χ3n) is 5.43. The Morgan fingerprint density at radius 2 is 1.71 bits per heavy atom. The Morgan fingerprint density at radius 3 is 2.46 bits per heavy atom. The number of aliphatic imine (C=N–C) groups is 1. The topological polar surface area (TPSA) is 87.8 Å². The summed E-state index contributed by atoms with van der Waals surface area (Å²) in [7, 11) is -3.37. The van der Waals surface area contributed by atoms with Crippen LogP contribution in [0.2, 0.25) is 0 Å². The van der Waals surface area contributed by atoms with Crippen LogP contribution >= 0.6 is 0 Å². The summed E-state index contributed by atoms with van der Waals surface area (Å²) in [5.74, 6) is 0.353. The van der Waals surface area contributed by atoms with E-state index in [-0.39, 0.29) is 0 Å². The molecule has 148 valence electrons. The van der Waals surface area contributed by atoms with E-state index in [1.807, 2.05) is 6.07 Å². The molecule has 0 bridgehead atoms. The van der Waals surface area contributed by atoms with E-state index in [1.165, 1.54) is 17.5 Å². The van der Waals surface area contributed by atoms with Crippen LogP contribution in [0.3, 0.4) is 0 Å². The first-order chi connectivity index (χ1) is 13.5. The minimum atomic E-state index is -3.37. The summed E-state index contributed by atoms with van der Waals surface area (Å²) in [6.45, 7) is 1.62. The summed E-state index contributed by atoms with van der Waals surface area (Å²) in [5.41, 5.74) is 10.7. The number of guanidine groups is 1. The molecule has 2 aromatic carbocycles. The van der Waals surface area contributed by atoms with Crippen molar-refractivity contribution in [3.8, 4) is 0 Å². The predicted molar refractivity (Wildman–Crippen MR) is 112 cm³/mol. The van der Waals surface area contributed by atoms with E-state index in [4.69, 9.17) is 5.73 Å². The third kappa shape index (κ3) is 4.05. The predicted octanol–water partition coefficient (Wildman–Crippen LogP) is 2.89. The van der Waals surface area contributed by atoms with Gasteiger partial charge in [0.2, 0.25) is 10.0 Å². The van der Waals surface area contributed by atoms with Gasteiger partial charge in [-0.25, -0.2) is 13.4 Å². The summed E-state index contributed by atoms with van der Waals surface area (Å²) in [6.07, 6.45) is 5.36. The molecule has 0 atom stereocenters. The van der Waals surface area contributed by atoms with Crippen molar-refractivity contribution in [1.29, 1.82) is 0 Å². The van der Waals surface area contributed by atoms with Crippen LogP contribution in [0.5, 0.6) is 0 Å². The summed E-state index contributed by atoms with van der Waals surface area (Å²) < 4.78 is 26.7. The Balaban J connectivity index is 1.38. The van der Waals surface area contributed by atoms with Crippen molar-refractivity contribution >= 4 is 21.7 Å². The zero-order valence-electron chi connectivity index (χ0n) is 15.9. The summed E-state index contributed by atoms with van der Waals surface area (Å²) in [5, 5.41) is 3.14. The van der Waals surface area contributed by atoms with Crippen LogP contribution in [0.25, 0.3) is 0 Å². The highest BCUT2D eigenvalue weighted by molar-refractivity contribution is 7.89. The molecule has 0 spiro atoms. The van der Waals surface area contributed by atoms with Crippen LogP contribution in [0, 0.1) is 0 Å². The quantitative estimate of drug-likeness (QED) is 0.599. The van der Waals surface area contributed by atoms with Gasteiger partial charge in [-0.1, -0.05) is 18.2 Å². The average Bonchev–Trinajstić information content (AvgIpc) is 3.38. The highest BCUT2D eigenvalue weighted by Gasteiger charge is 2.26. The van der Waals surface area contributed by atoms with E-state index in [0.717, 1.165) is 36.9 Å². The number of benzene rings is 2. The Kier molecular flexibility index (Phi) is 5.37. The highest BCUT2D eigenvalue weighted by atomic mass is 32.2. The second-order valence-electron chi connectivity index (χ2n) is 7.42. The number of fused-ring (bicyclic) bond motifs is 1. The van der Waals surface area contributed by atoms with E-state index in [9.17, 15) is 8.42 Å². The van der Waals surface area contributed by atoms with E-state index >= 15 is 0 Å². The van der Waals surface area contributed by atoms with Gasteiger partial charge in [0.25, 0.3) is 0 Å². The van der Waals surface area contributed by atoms with E-state index < -0.39 is 10.0 Å². The molecule has 2 aliphatic rings. The molecule has 7 heteroatoms. The summed E-state index contributed by atoms with van der Waals surface area (Å²) in [6, 6.07) is 13.2. The lowest BCUT2D eigenvalue weighted by Gasteiger charge is -2.15. The Bertz CT molecular complexity index is 978. The van der Waals surface area contributed by atoms with Gasteiger partial charge in [0.05, 0.1) is 11.4 Å². The van der Waals surface area contributed by atoms with Crippen LogP contribution < -0.4 is 11.1 Å². The molecule has 1 fully saturated rings. The maximum absolute atomic E-state index is 12.6. The number of sulfonamides is 1. The normalized spacial score (nSPS) is 17.6. The first-order valence-electron chi connectivity index (χ1n) is 9.80. The molecule has 1 heterocycles. The van der Waals surface area contributed by atoms with Gasteiger partial charge in [0, 0.05) is 18.8 Å². The minimum Gasteiger partial charge on any atom is -0.370 e. The second kappa shape index (κ2) is 7.93. The maximum Gasteiger partial charge on any atom is 0.243 e. The molecule has 4 rings (SSSR count). The molecule has 0 aromatic heterocycles. The number of anilines is 1. The van der Waals surface area contributed by atoms with Crippen LogP contribution in [-0.4, -0.2) is 31.8 Å². The third-order valence-corrected chi connectivity index (χ3v) is 7.34. The van der Waals surface area contributed by atoms with Gasteiger partial charge in [0.15, 0.2) is 5.96 Å². The first-order valence-corrected chi connectivity index (χ1v) is 11.2.